The fourth-order valence-corrected chi connectivity index (χ4v) is 4.88. The SMILES string of the molecule is Cc1ccc2c(c1)CC(c1cccc([N+](=O)[O-])c1OCCO)=C2C1CCCCC1. The Kier molecular flexibility index (Phi) is 5.67. The molecule has 0 saturated heterocycles. The van der Waals surface area contributed by atoms with Crippen LogP contribution in [-0.2, 0) is 6.42 Å². The van der Waals surface area contributed by atoms with E-state index < -0.39 is 4.92 Å². The van der Waals surface area contributed by atoms with Crippen molar-refractivity contribution >= 4 is 16.8 Å². The van der Waals surface area contributed by atoms with Crippen LogP contribution in [0.5, 0.6) is 5.75 Å². The van der Waals surface area contributed by atoms with Gasteiger partial charge < -0.3 is 9.84 Å². The van der Waals surface area contributed by atoms with Crippen LogP contribution in [-0.4, -0.2) is 23.2 Å². The number of nitro groups is 1. The van der Waals surface area contributed by atoms with Gasteiger partial charge in [0.05, 0.1) is 11.5 Å². The molecule has 0 radical (unpaired) electrons. The molecule has 29 heavy (non-hydrogen) atoms. The Balaban J connectivity index is 1.89. The lowest BCUT2D eigenvalue weighted by Crippen LogP contribution is -2.10. The van der Waals surface area contributed by atoms with Crippen molar-refractivity contribution in [3.05, 3.63) is 68.8 Å². The molecule has 1 fully saturated rings. The summed E-state index contributed by atoms with van der Waals surface area (Å²) in [6.07, 6.45) is 6.82. The first kappa shape index (κ1) is 19.6. The molecule has 152 valence electrons. The van der Waals surface area contributed by atoms with Crippen molar-refractivity contribution in [2.24, 2.45) is 5.92 Å². The molecule has 0 amide bonds. The van der Waals surface area contributed by atoms with E-state index in [9.17, 15) is 15.2 Å². The highest BCUT2D eigenvalue weighted by Crippen LogP contribution is 2.49. The number of aliphatic hydroxyl groups excluding tert-OH is 1. The maximum Gasteiger partial charge on any atom is 0.311 e. The zero-order chi connectivity index (χ0) is 20.4. The normalized spacial score (nSPS) is 16.8. The number of benzene rings is 2. The molecule has 0 atom stereocenters. The quantitative estimate of drug-likeness (QED) is 0.532. The van der Waals surface area contributed by atoms with E-state index in [4.69, 9.17) is 4.74 Å². The second-order valence-electron chi connectivity index (χ2n) is 8.05. The van der Waals surface area contributed by atoms with E-state index in [-0.39, 0.29) is 24.7 Å². The van der Waals surface area contributed by atoms with Gasteiger partial charge in [-0.2, -0.15) is 0 Å². The second-order valence-corrected chi connectivity index (χ2v) is 8.05. The van der Waals surface area contributed by atoms with Crippen LogP contribution in [0.2, 0.25) is 0 Å². The summed E-state index contributed by atoms with van der Waals surface area (Å²) < 4.78 is 5.72. The lowest BCUT2D eigenvalue weighted by molar-refractivity contribution is -0.385. The molecule has 0 spiro atoms. The molecule has 5 heteroatoms. The minimum Gasteiger partial charge on any atom is -0.484 e. The molecule has 2 aliphatic rings. The predicted octanol–water partition coefficient (Wildman–Crippen LogP) is 5.32. The average Bonchev–Trinajstić information content (AvgIpc) is 3.10. The Morgan fingerprint density at radius 2 is 1.93 bits per heavy atom. The number of ether oxygens (including phenoxy) is 1. The summed E-state index contributed by atoms with van der Waals surface area (Å²) in [7, 11) is 0. The number of nitrogens with zero attached hydrogens (tertiary/aromatic N) is 1. The third-order valence-corrected chi connectivity index (χ3v) is 6.11. The number of aryl methyl sites for hydroxylation is 1. The molecule has 0 aliphatic heterocycles. The van der Waals surface area contributed by atoms with Crippen LogP contribution in [0.25, 0.3) is 11.1 Å². The first-order chi connectivity index (χ1) is 14.1. The Morgan fingerprint density at radius 3 is 2.66 bits per heavy atom. The van der Waals surface area contributed by atoms with E-state index in [1.54, 1.807) is 6.07 Å². The smallest absolute Gasteiger partial charge is 0.311 e. The monoisotopic (exact) mass is 393 g/mol. The van der Waals surface area contributed by atoms with Crippen molar-refractivity contribution in [1.29, 1.82) is 0 Å². The number of hydrogen-bond donors (Lipinski definition) is 1. The van der Waals surface area contributed by atoms with Gasteiger partial charge in [-0.3, -0.25) is 10.1 Å². The van der Waals surface area contributed by atoms with Crippen LogP contribution < -0.4 is 4.74 Å². The Bertz CT molecular complexity index is 957. The zero-order valence-electron chi connectivity index (χ0n) is 16.8. The molecule has 2 aromatic rings. The minimum absolute atomic E-state index is 0.0377. The number of allylic oxidation sites excluding steroid dienone is 2. The lowest BCUT2D eigenvalue weighted by Gasteiger charge is -2.25. The molecule has 1 N–H and O–H groups in total. The van der Waals surface area contributed by atoms with Crippen molar-refractivity contribution < 1.29 is 14.8 Å². The van der Waals surface area contributed by atoms with E-state index in [0.29, 0.717) is 5.92 Å². The molecule has 0 aromatic heterocycles. The third-order valence-electron chi connectivity index (χ3n) is 6.11. The molecule has 5 nitrogen and oxygen atoms in total. The van der Waals surface area contributed by atoms with Crippen molar-refractivity contribution in [3.63, 3.8) is 0 Å². The highest BCUT2D eigenvalue weighted by Gasteiger charge is 2.32. The van der Waals surface area contributed by atoms with E-state index in [1.807, 2.05) is 6.07 Å². The molecule has 2 aromatic carbocycles. The van der Waals surface area contributed by atoms with Crippen LogP contribution in [0.15, 0.2) is 36.4 Å². The van der Waals surface area contributed by atoms with E-state index in [0.717, 1.165) is 30.4 Å². The second kappa shape index (κ2) is 8.37. The van der Waals surface area contributed by atoms with Gasteiger partial charge in [0.1, 0.15) is 6.61 Å². The van der Waals surface area contributed by atoms with Gasteiger partial charge in [0, 0.05) is 11.6 Å². The number of rotatable bonds is 6. The van der Waals surface area contributed by atoms with Gasteiger partial charge >= 0.3 is 5.69 Å². The summed E-state index contributed by atoms with van der Waals surface area (Å²) in [6, 6.07) is 11.7. The third kappa shape index (κ3) is 3.79. The summed E-state index contributed by atoms with van der Waals surface area (Å²) in [5.74, 6) is 0.757. The average molecular weight is 393 g/mol. The molecule has 1 saturated carbocycles. The van der Waals surface area contributed by atoms with E-state index in [2.05, 4.69) is 25.1 Å². The molecule has 2 aliphatic carbocycles. The summed E-state index contributed by atoms with van der Waals surface area (Å²) in [4.78, 5) is 11.2. The zero-order valence-corrected chi connectivity index (χ0v) is 16.8. The van der Waals surface area contributed by atoms with Crippen molar-refractivity contribution in [1.82, 2.24) is 0 Å². The van der Waals surface area contributed by atoms with Crippen molar-refractivity contribution in [2.45, 2.75) is 45.4 Å². The topological polar surface area (TPSA) is 72.6 Å². The molecule has 0 unspecified atom stereocenters. The highest BCUT2D eigenvalue weighted by atomic mass is 16.6. The summed E-state index contributed by atoms with van der Waals surface area (Å²) in [5.41, 5.74) is 7.05. The summed E-state index contributed by atoms with van der Waals surface area (Å²) in [5, 5.41) is 20.9. The van der Waals surface area contributed by atoms with Crippen molar-refractivity contribution in [3.8, 4) is 5.75 Å². The Labute approximate surface area is 171 Å². The van der Waals surface area contributed by atoms with E-state index in [1.165, 1.54) is 47.6 Å². The van der Waals surface area contributed by atoms with E-state index >= 15 is 0 Å². The number of fused-ring (bicyclic) bond motifs is 1. The first-order valence-corrected chi connectivity index (χ1v) is 10.4. The predicted molar refractivity (Wildman–Crippen MR) is 114 cm³/mol. The van der Waals surface area contributed by atoms with Gasteiger partial charge in [0.25, 0.3) is 0 Å². The van der Waals surface area contributed by atoms with Crippen LogP contribution in [0.1, 0.15) is 54.4 Å². The maximum atomic E-state index is 11.6. The Hall–Kier alpha value is -2.66. The molecule has 0 heterocycles. The molecular weight excluding hydrogens is 366 g/mol. The van der Waals surface area contributed by atoms with Crippen LogP contribution in [0, 0.1) is 23.0 Å². The first-order valence-electron chi connectivity index (χ1n) is 10.4. The maximum absolute atomic E-state index is 11.6. The standard InChI is InChI=1S/C24H27NO4/c1-16-10-11-19-18(14-16)15-21(23(19)17-6-3-2-4-7-17)20-8-5-9-22(25(27)28)24(20)29-13-12-26/h5,8-11,14,17,26H,2-4,6-7,12-13,15H2,1H3. The fraction of sp³-hybridized carbons (Fsp3) is 0.417. The molecule has 0 bridgehead atoms. The van der Waals surface area contributed by atoms with Crippen LogP contribution in [0.3, 0.4) is 0 Å². The molecule has 4 rings (SSSR count). The lowest BCUT2D eigenvalue weighted by atomic mass is 9.79. The molecular formula is C24H27NO4. The number of aliphatic hydroxyl groups is 1. The summed E-state index contributed by atoms with van der Waals surface area (Å²) in [6.45, 7) is 1.96. The number of hydrogen-bond acceptors (Lipinski definition) is 4. The van der Waals surface area contributed by atoms with Gasteiger partial charge in [-0.05, 0) is 54.4 Å². The van der Waals surface area contributed by atoms with Crippen LogP contribution in [0.4, 0.5) is 5.69 Å². The van der Waals surface area contributed by atoms with Gasteiger partial charge in [0.15, 0.2) is 0 Å². The van der Waals surface area contributed by atoms with Crippen molar-refractivity contribution in [2.75, 3.05) is 13.2 Å². The van der Waals surface area contributed by atoms with Gasteiger partial charge in [-0.25, -0.2) is 0 Å². The summed E-state index contributed by atoms with van der Waals surface area (Å²) >= 11 is 0. The van der Waals surface area contributed by atoms with Gasteiger partial charge in [0.2, 0.25) is 5.75 Å². The minimum atomic E-state index is -0.400. The fourth-order valence-electron chi connectivity index (χ4n) is 4.88. The van der Waals surface area contributed by atoms with Gasteiger partial charge in [-0.1, -0.05) is 55.2 Å². The largest absolute Gasteiger partial charge is 0.484 e. The van der Waals surface area contributed by atoms with Crippen LogP contribution >= 0.6 is 0 Å². The Morgan fingerprint density at radius 1 is 1.14 bits per heavy atom. The number of para-hydroxylation sites is 1. The van der Waals surface area contributed by atoms with Gasteiger partial charge in [-0.15, -0.1) is 0 Å². The number of nitro benzene ring substituents is 1. The highest BCUT2D eigenvalue weighted by molar-refractivity contribution is 5.99.